The molecule has 8 heteroatoms. The molecule has 0 spiro atoms. The van der Waals surface area contributed by atoms with Crippen molar-refractivity contribution in [2.75, 3.05) is 24.5 Å². The van der Waals surface area contributed by atoms with Gasteiger partial charge in [-0.15, -0.1) is 0 Å². The first-order chi connectivity index (χ1) is 12.4. The number of carbonyl (C=O) groups is 3. The van der Waals surface area contributed by atoms with E-state index >= 15 is 0 Å². The molecule has 7 nitrogen and oxygen atoms in total. The third kappa shape index (κ3) is 3.49. The zero-order valence-corrected chi connectivity index (χ0v) is 14.4. The molecule has 3 N–H and O–H groups in total. The molecule has 26 heavy (non-hydrogen) atoms. The molecular weight excluding hydrogens is 341 g/mol. The van der Waals surface area contributed by atoms with Gasteiger partial charge in [-0.3, -0.25) is 14.5 Å². The fourth-order valence-electron chi connectivity index (χ4n) is 3.61. The highest BCUT2D eigenvalue weighted by atomic mass is 19.1. The van der Waals surface area contributed by atoms with Gasteiger partial charge in [-0.25, -0.2) is 9.18 Å². The summed E-state index contributed by atoms with van der Waals surface area (Å²) in [6.45, 7) is 0.890. The van der Waals surface area contributed by atoms with E-state index in [1.165, 1.54) is 17.0 Å². The highest BCUT2D eigenvalue weighted by Crippen LogP contribution is 2.36. The minimum Gasteiger partial charge on any atom is -0.481 e. The van der Waals surface area contributed by atoms with E-state index in [1.807, 2.05) is 0 Å². The Morgan fingerprint density at radius 2 is 2.00 bits per heavy atom. The van der Waals surface area contributed by atoms with Gasteiger partial charge < -0.3 is 15.7 Å². The minimum atomic E-state index is -0.989. The summed E-state index contributed by atoms with van der Waals surface area (Å²) in [5.74, 6) is -2.31. The van der Waals surface area contributed by atoms with Gasteiger partial charge in [0.2, 0.25) is 0 Å². The monoisotopic (exact) mass is 363 g/mol. The van der Waals surface area contributed by atoms with Crippen LogP contribution in [0.1, 0.15) is 42.5 Å². The second-order valence-corrected chi connectivity index (χ2v) is 6.88. The molecule has 3 amide bonds. The van der Waals surface area contributed by atoms with E-state index in [0.29, 0.717) is 31.6 Å². The summed E-state index contributed by atoms with van der Waals surface area (Å²) < 4.78 is 14.1. The molecule has 0 bridgehead atoms. The van der Waals surface area contributed by atoms with Crippen LogP contribution in [0.2, 0.25) is 0 Å². The summed E-state index contributed by atoms with van der Waals surface area (Å²) in [6, 6.07) is 3.61. The van der Waals surface area contributed by atoms with Gasteiger partial charge in [0.1, 0.15) is 5.82 Å². The van der Waals surface area contributed by atoms with Crippen LogP contribution in [-0.2, 0) is 4.79 Å². The van der Waals surface area contributed by atoms with Crippen molar-refractivity contribution in [1.29, 1.82) is 0 Å². The number of nitrogens with one attached hydrogen (secondary N) is 2. The van der Waals surface area contributed by atoms with E-state index in [9.17, 15) is 23.9 Å². The zero-order valence-electron chi connectivity index (χ0n) is 14.4. The predicted octanol–water partition coefficient (Wildman–Crippen LogP) is 2.12. The van der Waals surface area contributed by atoms with E-state index in [2.05, 4.69) is 10.6 Å². The fourth-order valence-corrected chi connectivity index (χ4v) is 3.61. The maximum absolute atomic E-state index is 14.1. The first-order valence-corrected chi connectivity index (χ1v) is 8.79. The Kier molecular flexibility index (Phi) is 5.11. The van der Waals surface area contributed by atoms with Gasteiger partial charge >= 0.3 is 12.0 Å². The van der Waals surface area contributed by atoms with Crippen LogP contribution in [0.5, 0.6) is 0 Å². The lowest BCUT2D eigenvalue weighted by atomic mass is 9.74. The van der Waals surface area contributed by atoms with Gasteiger partial charge in [-0.1, -0.05) is 19.3 Å². The van der Waals surface area contributed by atoms with E-state index in [-0.39, 0.29) is 18.1 Å². The van der Waals surface area contributed by atoms with Crippen LogP contribution in [0.25, 0.3) is 0 Å². The lowest BCUT2D eigenvalue weighted by Gasteiger charge is -2.33. The third-order valence-electron chi connectivity index (χ3n) is 5.21. The number of carbonyl (C=O) groups excluding carboxylic acids is 2. The second kappa shape index (κ2) is 7.31. The average molecular weight is 363 g/mol. The Balaban J connectivity index is 1.75. The number of aliphatic carboxylic acids is 1. The van der Waals surface area contributed by atoms with Crippen molar-refractivity contribution < 1.29 is 23.9 Å². The number of rotatable bonds is 5. The summed E-state index contributed by atoms with van der Waals surface area (Å²) in [4.78, 5) is 37.3. The first-order valence-electron chi connectivity index (χ1n) is 8.79. The molecule has 0 radical (unpaired) electrons. The summed E-state index contributed by atoms with van der Waals surface area (Å²) in [5.41, 5.74) is -0.757. The van der Waals surface area contributed by atoms with Crippen molar-refractivity contribution in [2.24, 2.45) is 5.41 Å². The molecule has 1 saturated heterocycles. The molecule has 3 rings (SSSR count). The van der Waals surface area contributed by atoms with Crippen LogP contribution < -0.4 is 15.5 Å². The van der Waals surface area contributed by atoms with Crippen molar-refractivity contribution in [3.8, 4) is 0 Å². The minimum absolute atomic E-state index is 0.0327. The van der Waals surface area contributed by atoms with Gasteiger partial charge in [-0.05, 0) is 31.0 Å². The van der Waals surface area contributed by atoms with Crippen LogP contribution in [0.4, 0.5) is 14.9 Å². The van der Waals surface area contributed by atoms with Crippen molar-refractivity contribution in [2.45, 2.75) is 32.1 Å². The molecule has 1 aliphatic heterocycles. The van der Waals surface area contributed by atoms with Gasteiger partial charge in [0, 0.05) is 25.3 Å². The predicted molar refractivity (Wildman–Crippen MR) is 92.6 cm³/mol. The van der Waals surface area contributed by atoms with Crippen LogP contribution in [0, 0.1) is 11.2 Å². The van der Waals surface area contributed by atoms with Gasteiger partial charge in [0.05, 0.1) is 11.0 Å². The Morgan fingerprint density at radius 3 is 2.62 bits per heavy atom. The van der Waals surface area contributed by atoms with E-state index in [1.54, 1.807) is 0 Å². The lowest BCUT2D eigenvalue weighted by molar-refractivity contribution is -0.150. The number of hydrogen-bond acceptors (Lipinski definition) is 3. The number of nitrogens with zero attached hydrogens (tertiary/aromatic N) is 1. The quantitative estimate of drug-likeness (QED) is 0.746. The zero-order chi connectivity index (χ0) is 18.7. The van der Waals surface area contributed by atoms with Crippen molar-refractivity contribution in [3.05, 3.63) is 29.6 Å². The van der Waals surface area contributed by atoms with Crippen molar-refractivity contribution in [1.82, 2.24) is 10.6 Å². The largest absolute Gasteiger partial charge is 0.481 e. The maximum Gasteiger partial charge on any atom is 0.321 e. The highest BCUT2D eigenvalue weighted by molar-refractivity contribution is 5.98. The molecule has 1 heterocycles. The Bertz CT molecular complexity index is 731. The topological polar surface area (TPSA) is 98.7 Å². The number of halogens is 1. The van der Waals surface area contributed by atoms with E-state index in [4.69, 9.17) is 0 Å². The van der Waals surface area contributed by atoms with Crippen molar-refractivity contribution in [3.63, 3.8) is 0 Å². The third-order valence-corrected chi connectivity index (χ3v) is 5.21. The Morgan fingerprint density at radius 1 is 1.27 bits per heavy atom. The normalized spacial score (nSPS) is 19.1. The van der Waals surface area contributed by atoms with E-state index < -0.39 is 23.1 Å². The summed E-state index contributed by atoms with van der Waals surface area (Å²) in [5, 5.41) is 14.8. The van der Waals surface area contributed by atoms with Gasteiger partial charge in [0.25, 0.3) is 5.91 Å². The van der Waals surface area contributed by atoms with Gasteiger partial charge in [0.15, 0.2) is 0 Å². The smallest absolute Gasteiger partial charge is 0.321 e. The number of amides is 3. The van der Waals surface area contributed by atoms with Gasteiger partial charge in [-0.2, -0.15) is 0 Å². The highest BCUT2D eigenvalue weighted by Gasteiger charge is 2.40. The molecule has 2 fully saturated rings. The number of hydrogen-bond donors (Lipinski definition) is 3. The second-order valence-electron chi connectivity index (χ2n) is 6.88. The van der Waals surface area contributed by atoms with Crippen LogP contribution >= 0.6 is 0 Å². The molecule has 1 aliphatic carbocycles. The number of carboxylic acids is 1. The number of benzene rings is 1. The van der Waals surface area contributed by atoms with Crippen LogP contribution in [-0.4, -0.2) is 42.6 Å². The average Bonchev–Trinajstić information content (AvgIpc) is 3.07. The first kappa shape index (κ1) is 18.2. The summed E-state index contributed by atoms with van der Waals surface area (Å²) >= 11 is 0. The lowest BCUT2D eigenvalue weighted by Crippen LogP contribution is -2.44. The maximum atomic E-state index is 14.1. The van der Waals surface area contributed by atoms with E-state index in [0.717, 1.165) is 25.3 Å². The summed E-state index contributed by atoms with van der Waals surface area (Å²) in [6.07, 6.45) is 3.59. The standard InChI is InChI=1S/C18H22FN3O4/c19-14-5-4-12(22-9-8-20-17(22)26)10-13(14)15(23)21-11-18(16(24)25)6-2-1-3-7-18/h4-5,10H,1-3,6-9,11H2,(H,20,26)(H,21,23)(H,24,25). The SMILES string of the molecule is O=C(NCC1(C(=O)O)CCCCC1)c1cc(N2CCNC2=O)ccc1F. The molecule has 0 aromatic heterocycles. The number of urea groups is 1. The molecule has 0 atom stereocenters. The molecule has 1 saturated carbocycles. The molecule has 1 aromatic rings. The Labute approximate surface area is 150 Å². The molecule has 140 valence electrons. The fraction of sp³-hybridized carbons (Fsp3) is 0.500. The van der Waals surface area contributed by atoms with Crippen molar-refractivity contribution >= 4 is 23.6 Å². The van der Waals surface area contributed by atoms with Crippen LogP contribution in [0.3, 0.4) is 0 Å². The summed E-state index contributed by atoms with van der Waals surface area (Å²) in [7, 11) is 0. The Hall–Kier alpha value is -2.64. The number of anilines is 1. The molecule has 0 unspecified atom stereocenters. The molecule has 2 aliphatic rings. The molecular formula is C18H22FN3O4. The van der Waals surface area contributed by atoms with Crippen LogP contribution in [0.15, 0.2) is 18.2 Å². The molecule has 1 aromatic carbocycles. The number of carboxylic acid groups (broad SMARTS) is 1.